The van der Waals surface area contributed by atoms with Gasteiger partial charge in [-0.2, -0.15) is 5.10 Å². The second kappa shape index (κ2) is 9.17. The molecule has 2 aromatic heterocycles. The number of hydrogen-bond donors (Lipinski definition) is 1. The number of hydrogen-bond acceptors (Lipinski definition) is 6. The van der Waals surface area contributed by atoms with E-state index in [1.807, 2.05) is 32.1 Å². The molecule has 1 N–H and O–H groups in total. The fourth-order valence-electron chi connectivity index (χ4n) is 2.91. The molecule has 3 rings (SSSR count). The lowest BCUT2D eigenvalue weighted by Gasteiger charge is -2.35. The van der Waals surface area contributed by atoms with Gasteiger partial charge in [-0.3, -0.25) is 9.48 Å². The van der Waals surface area contributed by atoms with E-state index in [2.05, 4.69) is 25.3 Å². The second-order valence-electron chi connectivity index (χ2n) is 5.82. The van der Waals surface area contributed by atoms with Gasteiger partial charge in [0, 0.05) is 46.2 Å². The first-order valence-corrected chi connectivity index (χ1v) is 7.94. The topological polar surface area (TPSA) is 79.2 Å². The van der Waals surface area contributed by atoms with Crippen molar-refractivity contribution in [3.05, 3.63) is 12.0 Å². The standard InChI is InChI=1S/C15H23N7O.2ClH/c1-11-18-14-12(10-17-20(14)3)15(19-11)22-8-6-21(7-9-22)13(23)4-5-16-2;;/h10,16H,4-9H2,1-3H3;2*1H. The maximum atomic E-state index is 12.1. The predicted octanol–water partition coefficient (Wildman–Crippen LogP) is 0.773. The van der Waals surface area contributed by atoms with E-state index in [0.717, 1.165) is 55.4 Å². The molecule has 2 aromatic rings. The molecule has 0 radical (unpaired) electrons. The summed E-state index contributed by atoms with van der Waals surface area (Å²) in [4.78, 5) is 25.3. The molecule has 1 saturated heterocycles. The van der Waals surface area contributed by atoms with Crippen LogP contribution in [0, 0.1) is 6.92 Å². The smallest absolute Gasteiger partial charge is 0.223 e. The SMILES string of the molecule is CNCCC(=O)N1CCN(c2nc(C)nc3c2cnn3C)CC1.Cl.Cl. The number of nitrogens with one attached hydrogen (secondary N) is 1. The number of aryl methyl sites for hydroxylation is 2. The predicted molar refractivity (Wildman–Crippen MR) is 103 cm³/mol. The number of nitrogens with zero attached hydrogens (tertiary/aromatic N) is 6. The highest BCUT2D eigenvalue weighted by Gasteiger charge is 2.23. The van der Waals surface area contributed by atoms with Crippen LogP contribution in [0.4, 0.5) is 5.82 Å². The van der Waals surface area contributed by atoms with E-state index in [1.54, 1.807) is 4.68 Å². The lowest BCUT2D eigenvalue weighted by Crippen LogP contribution is -2.49. The van der Waals surface area contributed by atoms with Crippen LogP contribution in [0.15, 0.2) is 6.20 Å². The van der Waals surface area contributed by atoms with Crippen LogP contribution in [0.2, 0.25) is 0 Å². The summed E-state index contributed by atoms with van der Waals surface area (Å²) >= 11 is 0. The van der Waals surface area contributed by atoms with Gasteiger partial charge in [-0.1, -0.05) is 0 Å². The Morgan fingerprint density at radius 2 is 1.88 bits per heavy atom. The summed E-state index contributed by atoms with van der Waals surface area (Å²) in [5.74, 6) is 1.87. The number of carbonyl (C=O) groups excluding carboxylic acids is 1. The average molecular weight is 390 g/mol. The van der Waals surface area contributed by atoms with Crippen LogP contribution in [0.5, 0.6) is 0 Å². The molecule has 0 spiro atoms. The fraction of sp³-hybridized carbons (Fsp3) is 0.600. The van der Waals surface area contributed by atoms with Gasteiger partial charge in [0.2, 0.25) is 5.91 Å². The summed E-state index contributed by atoms with van der Waals surface area (Å²) in [6.45, 7) is 5.64. The molecule has 0 saturated carbocycles. The van der Waals surface area contributed by atoms with Gasteiger partial charge in [0.25, 0.3) is 0 Å². The van der Waals surface area contributed by atoms with Crippen molar-refractivity contribution in [2.45, 2.75) is 13.3 Å². The zero-order valence-electron chi connectivity index (χ0n) is 14.7. The van der Waals surface area contributed by atoms with Crippen LogP contribution in [-0.2, 0) is 11.8 Å². The van der Waals surface area contributed by atoms with Crippen LogP contribution in [0.1, 0.15) is 12.2 Å². The Morgan fingerprint density at radius 1 is 1.20 bits per heavy atom. The molecule has 0 unspecified atom stereocenters. The normalized spacial score (nSPS) is 14.2. The van der Waals surface area contributed by atoms with Crippen molar-refractivity contribution in [2.75, 3.05) is 44.7 Å². The van der Waals surface area contributed by atoms with Gasteiger partial charge in [-0.15, -0.1) is 24.8 Å². The minimum absolute atomic E-state index is 0. The minimum atomic E-state index is 0. The van der Waals surface area contributed by atoms with Gasteiger partial charge in [0.15, 0.2) is 5.65 Å². The van der Waals surface area contributed by atoms with Crippen molar-refractivity contribution in [3.63, 3.8) is 0 Å². The molecular formula is C15H25Cl2N7O. The third-order valence-electron chi connectivity index (χ3n) is 4.20. The lowest BCUT2D eigenvalue weighted by atomic mass is 10.2. The molecule has 1 aliphatic heterocycles. The molecule has 0 aromatic carbocycles. The van der Waals surface area contributed by atoms with Gasteiger partial charge in [-0.05, 0) is 14.0 Å². The van der Waals surface area contributed by atoms with Crippen molar-refractivity contribution < 1.29 is 4.79 Å². The Morgan fingerprint density at radius 3 is 2.52 bits per heavy atom. The number of fused-ring (bicyclic) bond motifs is 1. The number of amides is 1. The summed E-state index contributed by atoms with van der Waals surface area (Å²) in [6, 6.07) is 0. The molecule has 0 aliphatic carbocycles. The first kappa shape index (κ1) is 21.4. The highest BCUT2D eigenvalue weighted by Crippen LogP contribution is 2.24. The monoisotopic (exact) mass is 389 g/mol. The quantitative estimate of drug-likeness (QED) is 0.831. The molecule has 0 atom stereocenters. The largest absolute Gasteiger partial charge is 0.352 e. The molecule has 3 heterocycles. The summed E-state index contributed by atoms with van der Waals surface area (Å²) in [5.41, 5.74) is 0.847. The Hall–Kier alpha value is -1.64. The third-order valence-corrected chi connectivity index (χ3v) is 4.20. The summed E-state index contributed by atoms with van der Waals surface area (Å²) < 4.78 is 1.77. The average Bonchev–Trinajstić information content (AvgIpc) is 2.93. The summed E-state index contributed by atoms with van der Waals surface area (Å²) in [6.07, 6.45) is 2.37. The molecule has 0 bridgehead atoms. The van der Waals surface area contributed by atoms with Crippen LogP contribution in [-0.4, -0.2) is 70.3 Å². The van der Waals surface area contributed by atoms with E-state index >= 15 is 0 Å². The van der Waals surface area contributed by atoms with E-state index in [1.165, 1.54) is 0 Å². The second-order valence-corrected chi connectivity index (χ2v) is 5.82. The molecule has 25 heavy (non-hydrogen) atoms. The first-order valence-electron chi connectivity index (χ1n) is 7.94. The highest BCUT2D eigenvalue weighted by atomic mass is 35.5. The van der Waals surface area contributed by atoms with Gasteiger partial charge in [-0.25, -0.2) is 9.97 Å². The number of carbonyl (C=O) groups is 1. The third kappa shape index (κ3) is 4.50. The van der Waals surface area contributed by atoms with E-state index in [-0.39, 0.29) is 30.7 Å². The van der Waals surface area contributed by atoms with Crippen molar-refractivity contribution in [2.24, 2.45) is 7.05 Å². The zero-order chi connectivity index (χ0) is 16.4. The van der Waals surface area contributed by atoms with Crippen LogP contribution in [0.25, 0.3) is 11.0 Å². The molecule has 1 aliphatic rings. The van der Waals surface area contributed by atoms with Gasteiger partial charge < -0.3 is 15.1 Å². The van der Waals surface area contributed by atoms with Gasteiger partial charge >= 0.3 is 0 Å². The highest BCUT2D eigenvalue weighted by molar-refractivity contribution is 5.87. The molecule has 1 fully saturated rings. The van der Waals surface area contributed by atoms with Gasteiger partial charge in [0.1, 0.15) is 11.6 Å². The maximum Gasteiger partial charge on any atom is 0.223 e. The summed E-state index contributed by atoms with van der Waals surface area (Å²) in [5, 5.41) is 8.27. The minimum Gasteiger partial charge on any atom is -0.352 e. The van der Waals surface area contributed by atoms with E-state index in [9.17, 15) is 4.79 Å². The lowest BCUT2D eigenvalue weighted by molar-refractivity contribution is -0.131. The van der Waals surface area contributed by atoms with Crippen molar-refractivity contribution in [1.82, 2.24) is 30.0 Å². The number of aromatic nitrogens is 4. The Bertz CT molecular complexity index is 713. The van der Waals surface area contributed by atoms with Gasteiger partial charge in [0.05, 0.1) is 11.6 Å². The van der Waals surface area contributed by atoms with Crippen LogP contribution < -0.4 is 10.2 Å². The summed E-state index contributed by atoms with van der Waals surface area (Å²) in [7, 11) is 3.75. The first-order chi connectivity index (χ1) is 11.1. The molecular weight excluding hydrogens is 365 g/mol. The van der Waals surface area contributed by atoms with Crippen molar-refractivity contribution in [3.8, 4) is 0 Å². The number of piperazine rings is 1. The number of halogens is 2. The molecule has 10 heteroatoms. The Kier molecular flexibility index (Phi) is 7.85. The van der Waals surface area contributed by atoms with Crippen LogP contribution in [0.3, 0.4) is 0 Å². The van der Waals surface area contributed by atoms with Crippen molar-refractivity contribution >= 4 is 47.6 Å². The van der Waals surface area contributed by atoms with Crippen LogP contribution >= 0.6 is 24.8 Å². The Balaban J connectivity index is 0.00000156. The van der Waals surface area contributed by atoms with Crippen molar-refractivity contribution in [1.29, 1.82) is 0 Å². The fourth-order valence-corrected chi connectivity index (χ4v) is 2.91. The number of rotatable bonds is 4. The Labute approximate surface area is 159 Å². The molecule has 8 nitrogen and oxygen atoms in total. The molecule has 140 valence electrons. The number of anilines is 1. The van der Waals surface area contributed by atoms with E-state index < -0.39 is 0 Å². The van der Waals surface area contributed by atoms with E-state index in [0.29, 0.717) is 6.42 Å². The zero-order valence-corrected chi connectivity index (χ0v) is 16.4. The van der Waals surface area contributed by atoms with E-state index in [4.69, 9.17) is 0 Å². The maximum absolute atomic E-state index is 12.1. The molecule has 1 amide bonds.